The largest absolute Gasteiger partial charge is 0.497 e. The Morgan fingerprint density at radius 1 is 0.816 bits per heavy atom. The predicted octanol–water partition coefficient (Wildman–Crippen LogP) is 7.15. The summed E-state index contributed by atoms with van der Waals surface area (Å²) in [5, 5.41) is 0. The minimum Gasteiger partial charge on any atom is -0.497 e. The highest BCUT2D eigenvalue weighted by molar-refractivity contribution is 8.08. The number of β-lactam (4-membered cyclic amide) rings is 1. The van der Waals surface area contributed by atoms with Gasteiger partial charge in [-0.1, -0.05) is 54.2 Å². The molecular weight excluding hydrogens is 497 g/mol. The number of thioether (sulfide) groups is 1. The summed E-state index contributed by atoms with van der Waals surface area (Å²) in [7, 11) is 1.62. The topological polar surface area (TPSA) is 38.8 Å². The highest BCUT2D eigenvalue weighted by Gasteiger charge is 2.53. The Morgan fingerprint density at radius 2 is 1.53 bits per heavy atom. The molecular formula is C32H26FNO3S. The number of anilines is 1. The lowest BCUT2D eigenvalue weighted by Crippen LogP contribution is -2.68. The van der Waals surface area contributed by atoms with Gasteiger partial charge in [-0.25, -0.2) is 4.39 Å². The minimum atomic E-state index is -0.649. The second-order valence-corrected chi connectivity index (χ2v) is 10.4. The van der Waals surface area contributed by atoms with Crippen LogP contribution in [-0.4, -0.2) is 25.2 Å². The average molecular weight is 524 g/mol. The standard InChI is InChI=1S/C32H26FNO3S/c1-36-24-16-14-23(15-17-24)34-29(30(32(34)35)37-25-8-3-2-4-9-25)28-20-11-21-7-5-6-10-27(21)31(28)38-26-18-12-22(33)13-19-26/h2-10,12-19,29-30H,11,20H2,1H3. The van der Waals surface area contributed by atoms with E-state index in [1.807, 2.05) is 65.6 Å². The number of hydrogen-bond donors (Lipinski definition) is 0. The zero-order valence-corrected chi connectivity index (χ0v) is 21.7. The zero-order valence-electron chi connectivity index (χ0n) is 20.8. The van der Waals surface area contributed by atoms with Gasteiger partial charge < -0.3 is 9.47 Å². The molecule has 1 aliphatic heterocycles. The third-order valence-electron chi connectivity index (χ3n) is 7.01. The number of carbonyl (C=O) groups is 1. The van der Waals surface area contributed by atoms with Crippen LogP contribution in [0.5, 0.6) is 11.5 Å². The Labute approximate surface area is 225 Å². The normalized spacial score (nSPS) is 18.6. The van der Waals surface area contributed by atoms with Gasteiger partial charge in [0.1, 0.15) is 23.4 Å². The van der Waals surface area contributed by atoms with Gasteiger partial charge in [-0.05, 0) is 90.2 Å². The Balaban J connectivity index is 1.46. The number of ether oxygens (including phenoxy) is 2. The van der Waals surface area contributed by atoms with E-state index in [0.29, 0.717) is 5.75 Å². The number of para-hydroxylation sites is 1. The van der Waals surface area contributed by atoms with E-state index in [9.17, 15) is 9.18 Å². The van der Waals surface area contributed by atoms with Gasteiger partial charge in [-0.15, -0.1) is 0 Å². The van der Waals surface area contributed by atoms with E-state index in [1.54, 1.807) is 31.0 Å². The molecule has 0 spiro atoms. The maximum absolute atomic E-state index is 13.7. The fourth-order valence-corrected chi connectivity index (χ4v) is 6.30. The second-order valence-electron chi connectivity index (χ2n) is 9.27. The SMILES string of the molecule is COc1ccc(N2C(=O)C(Oc3ccccc3)C2C2=C(Sc3ccc(F)cc3)c3ccccc3CC2)cc1. The summed E-state index contributed by atoms with van der Waals surface area (Å²) in [6.07, 6.45) is 1.02. The summed E-state index contributed by atoms with van der Waals surface area (Å²) in [5.41, 5.74) is 4.36. The van der Waals surface area contributed by atoms with Crippen molar-refractivity contribution in [3.63, 3.8) is 0 Å². The monoisotopic (exact) mass is 523 g/mol. The van der Waals surface area contributed by atoms with Crippen molar-refractivity contribution in [2.45, 2.75) is 29.9 Å². The lowest BCUT2D eigenvalue weighted by molar-refractivity contribution is -0.133. The van der Waals surface area contributed by atoms with Gasteiger partial charge in [0.2, 0.25) is 6.10 Å². The number of carbonyl (C=O) groups excluding carboxylic acids is 1. The average Bonchev–Trinajstić information content (AvgIpc) is 2.97. The number of benzene rings is 4. The van der Waals surface area contributed by atoms with Gasteiger partial charge in [0.05, 0.1) is 7.11 Å². The van der Waals surface area contributed by atoms with Crippen molar-refractivity contribution in [2.75, 3.05) is 12.0 Å². The fourth-order valence-electron chi connectivity index (χ4n) is 5.13. The number of nitrogens with zero attached hydrogens (tertiary/aromatic N) is 1. The molecule has 2 aliphatic rings. The van der Waals surface area contributed by atoms with Crippen molar-refractivity contribution < 1.29 is 18.7 Å². The van der Waals surface area contributed by atoms with E-state index in [2.05, 4.69) is 18.2 Å². The summed E-state index contributed by atoms with van der Waals surface area (Å²) >= 11 is 1.61. The molecule has 1 amide bonds. The van der Waals surface area contributed by atoms with Crippen molar-refractivity contribution in [3.05, 3.63) is 126 Å². The molecule has 1 heterocycles. The Hall–Kier alpha value is -4.03. The lowest BCUT2D eigenvalue weighted by atomic mass is 9.81. The molecule has 0 bridgehead atoms. The summed E-state index contributed by atoms with van der Waals surface area (Å²) in [6.45, 7) is 0. The van der Waals surface area contributed by atoms with Crippen molar-refractivity contribution in [1.29, 1.82) is 0 Å². The van der Waals surface area contributed by atoms with E-state index in [0.717, 1.165) is 45.2 Å². The smallest absolute Gasteiger partial charge is 0.271 e. The zero-order chi connectivity index (χ0) is 26.1. The molecule has 38 heavy (non-hydrogen) atoms. The predicted molar refractivity (Wildman–Crippen MR) is 149 cm³/mol. The van der Waals surface area contributed by atoms with Crippen molar-refractivity contribution in [2.24, 2.45) is 0 Å². The van der Waals surface area contributed by atoms with Gasteiger partial charge in [0.25, 0.3) is 5.91 Å². The van der Waals surface area contributed by atoms with Crippen LogP contribution in [0.4, 0.5) is 10.1 Å². The molecule has 6 rings (SSSR count). The van der Waals surface area contributed by atoms with E-state index in [4.69, 9.17) is 9.47 Å². The van der Waals surface area contributed by atoms with Crippen LogP contribution in [0, 0.1) is 5.82 Å². The molecule has 2 atom stereocenters. The Kier molecular flexibility index (Phi) is 6.64. The summed E-state index contributed by atoms with van der Waals surface area (Å²) in [5.74, 6) is 1.05. The van der Waals surface area contributed by atoms with Crippen LogP contribution in [0.3, 0.4) is 0 Å². The molecule has 2 unspecified atom stereocenters. The number of halogens is 1. The van der Waals surface area contributed by atoms with E-state index in [1.165, 1.54) is 17.7 Å². The van der Waals surface area contributed by atoms with Crippen LogP contribution >= 0.6 is 11.8 Å². The number of amides is 1. The first kappa shape index (κ1) is 24.3. The van der Waals surface area contributed by atoms with Crippen LogP contribution < -0.4 is 14.4 Å². The molecule has 1 saturated heterocycles. The first-order valence-corrected chi connectivity index (χ1v) is 13.4. The maximum Gasteiger partial charge on any atom is 0.271 e. The molecule has 1 aliphatic carbocycles. The van der Waals surface area contributed by atoms with Gasteiger partial charge in [-0.3, -0.25) is 9.69 Å². The molecule has 0 N–H and O–H groups in total. The van der Waals surface area contributed by atoms with Crippen molar-refractivity contribution in [3.8, 4) is 11.5 Å². The molecule has 0 radical (unpaired) electrons. The molecule has 0 saturated carbocycles. The van der Waals surface area contributed by atoms with Crippen LogP contribution in [0.2, 0.25) is 0 Å². The van der Waals surface area contributed by atoms with Crippen LogP contribution in [0.1, 0.15) is 17.5 Å². The Bertz CT molecular complexity index is 1490. The molecule has 4 aromatic carbocycles. The minimum absolute atomic E-state index is 0.0819. The highest BCUT2D eigenvalue weighted by atomic mass is 32.2. The van der Waals surface area contributed by atoms with E-state index >= 15 is 0 Å². The van der Waals surface area contributed by atoms with Gasteiger partial charge in [-0.2, -0.15) is 0 Å². The quantitative estimate of drug-likeness (QED) is 0.241. The third kappa shape index (κ3) is 4.56. The first-order chi connectivity index (χ1) is 18.6. The molecule has 4 aromatic rings. The highest BCUT2D eigenvalue weighted by Crippen LogP contribution is 2.48. The van der Waals surface area contributed by atoms with E-state index in [-0.39, 0.29) is 17.8 Å². The van der Waals surface area contributed by atoms with Gasteiger partial charge in [0.15, 0.2) is 0 Å². The van der Waals surface area contributed by atoms with Crippen LogP contribution in [0.15, 0.2) is 114 Å². The molecule has 1 fully saturated rings. The number of aryl methyl sites for hydroxylation is 1. The Morgan fingerprint density at radius 3 is 2.26 bits per heavy atom. The number of rotatable bonds is 7. The second kappa shape index (κ2) is 10.4. The summed E-state index contributed by atoms with van der Waals surface area (Å²) in [6, 6.07) is 31.7. The number of fused-ring (bicyclic) bond motifs is 1. The molecule has 4 nitrogen and oxygen atoms in total. The van der Waals surface area contributed by atoms with Gasteiger partial charge >= 0.3 is 0 Å². The van der Waals surface area contributed by atoms with E-state index < -0.39 is 6.10 Å². The molecule has 6 heteroatoms. The third-order valence-corrected chi connectivity index (χ3v) is 8.20. The van der Waals surface area contributed by atoms with Crippen LogP contribution in [-0.2, 0) is 11.2 Å². The molecule has 0 aromatic heterocycles. The fraction of sp³-hybridized carbons (Fsp3) is 0.156. The van der Waals surface area contributed by atoms with Gasteiger partial charge in [0, 0.05) is 15.5 Å². The summed E-state index contributed by atoms with van der Waals surface area (Å²) < 4.78 is 25.3. The summed E-state index contributed by atoms with van der Waals surface area (Å²) in [4.78, 5) is 17.5. The van der Waals surface area contributed by atoms with Crippen molar-refractivity contribution in [1.82, 2.24) is 0 Å². The maximum atomic E-state index is 13.7. The lowest BCUT2D eigenvalue weighted by Gasteiger charge is -2.48. The molecule has 190 valence electrons. The van der Waals surface area contributed by atoms with Crippen molar-refractivity contribution >= 4 is 28.3 Å². The number of hydrogen-bond acceptors (Lipinski definition) is 4. The number of methoxy groups -OCH3 is 1. The van der Waals surface area contributed by atoms with Crippen LogP contribution in [0.25, 0.3) is 4.91 Å². The first-order valence-electron chi connectivity index (χ1n) is 12.6.